The van der Waals surface area contributed by atoms with Gasteiger partial charge in [-0.15, -0.1) is 0 Å². The summed E-state index contributed by atoms with van der Waals surface area (Å²) in [4.78, 5) is 29.9. The van der Waals surface area contributed by atoms with Crippen molar-refractivity contribution < 1.29 is 30.2 Å². The summed E-state index contributed by atoms with van der Waals surface area (Å²) in [6.45, 7) is 0. The van der Waals surface area contributed by atoms with Gasteiger partial charge in [0, 0.05) is 42.3 Å². The Labute approximate surface area is 502 Å². The van der Waals surface area contributed by atoms with Gasteiger partial charge in [-0.3, -0.25) is 0 Å². The number of benzene rings is 8. The average molecular weight is 1230 g/mol. The molecule has 0 aliphatic rings. The maximum absolute atomic E-state index is 6.09. The number of nitrogens with zero attached hydrogens (tertiary/aromatic N) is 6. The fourth-order valence-electron chi connectivity index (χ4n) is 7.44. The van der Waals surface area contributed by atoms with Crippen molar-refractivity contribution in [2.75, 3.05) is 0 Å². The van der Waals surface area contributed by atoms with Crippen LogP contribution in [0.1, 0.15) is 45.0 Å². The quantitative estimate of drug-likeness (QED) is 0.0694. The summed E-state index contributed by atoms with van der Waals surface area (Å²) >= 11 is 24.6. The van der Waals surface area contributed by atoms with Crippen LogP contribution in [0.15, 0.2) is 275 Å². The molecule has 0 aliphatic carbocycles. The van der Waals surface area contributed by atoms with Crippen LogP contribution < -0.4 is 0 Å². The zero-order valence-corrected chi connectivity index (χ0v) is 48.7. The Kier molecular flexibility index (Phi) is 25.9. The van der Waals surface area contributed by atoms with Gasteiger partial charge in [-0.05, 0) is 121 Å². The molecule has 6 nitrogen and oxygen atoms in total. The van der Waals surface area contributed by atoms with Crippen molar-refractivity contribution in [2.24, 2.45) is 20.0 Å². The second-order valence-corrected chi connectivity index (χ2v) is 19.6. The summed E-state index contributed by atoms with van der Waals surface area (Å²) in [6, 6.07) is 81.8. The molecular formula is C64H48Cl6Fe2N6. The number of rotatable bonds is 12. The van der Waals surface area contributed by atoms with Gasteiger partial charge in [0.1, 0.15) is 0 Å². The van der Waals surface area contributed by atoms with Crippen molar-refractivity contribution in [3.05, 3.63) is 335 Å². The van der Waals surface area contributed by atoms with Crippen molar-refractivity contribution in [1.82, 2.24) is 9.97 Å². The molecule has 8 aromatic carbocycles. The van der Waals surface area contributed by atoms with Crippen molar-refractivity contribution >= 4 is 112 Å². The van der Waals surface area contributed by atoms with Gasteiger partial charge < -0.3 is 14.9 Å². The SMILES string of the molecule is Clc1ccc(N=C(c2ccccc2)c2cccc(C(=Nc3ccc(Cl)cc3)c3ccccc3)n2)cc1.Clc1ccc(N=C(c2ccccc2)c2cccc(C(=Nc3ccc(Cl)cc3)c3ccccc3)n2)cc1.[CH3-].[CH3-].[Cl][Fe][Cl].[Fe+2]. The third-order valence-corrected chi connectivity index (χ3v) is 11.9. The monoisotopic (exact) mass is 1220 g/mol. The zero-order chi connectivity index (χ0) is 52.2. The van der Waals surface area contributed by atoms with E-state index in [0.29, 0.717) is 20.1 Å². The summed E-state index contributed by atoms with van der Waals surface area (Å²) in [5, 5.41) is 2.67. The summed E-state index contributed by atoms with van der Waals surface area (Å²) in [7, 11) is 9.53. The summed E-state index contributed by atoms with van der Waals surface area (Å²) in [5.74, 6) is 0. The Hall–Kier alpha value is -6.48. The average Bonchev–Trinajstić information content (AvgIpc) is 3.46. The number of aliphatic imine (C=N–C) groups is 4. The van der Waals surface area contributed by atoms with E-state index < -0.39 is 0 Å². The van der Waals surface area contributed by atoms with Crippen molar-refractivity contribution in [3.63, 3.8) is 0 Å². The Morgan fingerprint density at radius 2 is 0.449 bits per heavy atom. The van der Waals surface area contributed by atoms with Crippen LogP contribution in [-0.4, -0.2) is 32.8 Å². The molecule has 10 aromatic rings. The molecule has 0 bridgehead atoms. The van der Waals surface area contributed by atoms with E-state index in [1.165, 1.54) is 0 Å². The molecule has 0 fully saturated rings. The van der Waals surface area contributed by atoms with E-state index in [1.54, 1.807) is 0 Å². The molecule has 0 atom stereocenters. The van der Waals surface area contributed by atoms with Crippen molar-refractivity contribution in [2.45, 2.75) is 0 Å². The third kappa shape index (κ3) is 18.3. The molecule has 0 saturated carbocycles. The molecule has 78 heavy (non-hydrogen) atoms. The van der Waals surface area contributed by atoms with Crippen LogP contribution in [0.5, 0.6) is 0 Å². The van der Waals surface area contributed by atoms with Crippen molar-refractivity contribution in [3.8, 4) is 0 Å². The molecule has 0 saturated heterocycles. The van der Waals surface area contributed by atoms with E-state index >= 15 is 0 Å². The van der Waals surface area contributed by atoms with E-state index in [-0.39, 0.29) is 45.1 Å². The number of halogens is 6. The second-order valence-electron chi connectivity index (χ2n) is 16.1. The molecule has 2 aromatic heterocycles. The molecule has 14 heteroatoms. The second kappa shape index (κ2) is 32.4. The molecule has 0 aliphatic heterocycles. The van der Waals surface area contributed by atoms with Gasteiger partial charge in [0.05, 0.1) is 68.4 Å². The number of pyridine rings is 2. The fraction of sp³-hybridized carbons (Fsp3) is 0. The molecule has 0 amide bonds. The first-order valence-corrected chi connectivity index (χ1v) is 27.7. The van der Waals surface area contributed by atoms with Crippen molar-refractivity contribution in [1.29, 1.82) is 0 Å². The van der Waals surface area contributed by atoms with E-state index in [9.17, 15) is 0 Å². The summed E-state index contributed by atoms with van der Waals surface area (Å²) < 4.78 is 0. The number of hydrogen-bond acceptors (Lipinski definition) is 6. The molecule has 0 N–H and O–H groups in total. The van der Waals surface area contributed by atoms with E-state index in [2.05, 4.69) is 0 Å². The van der Waals surface area contributed by atoms with Gasteiger partial charge in [0.15, 0.2) is 0 Å². The Balaban J connectivity index is 0.000000264. The van der Waals surface area contributed by atoms with E-state index in [1.807, 2.05) is 255 Å². The number of aromatic nitrogens is 2. The van der Waals surface area contributed by atoms with Gasteiger partial charge in [-0.25, -0.2) is 29.9 Å². The first-order chi connectivity index (χ1) is 36.7. The first kappa shape index (κ1) is 62.4. The Morgan fingerprint density at radius 3 is 0.628 bits per heavy atom. The summed E-state index contributed by atoms with van der Waals surface area (Å²) in [5.41, 5.74) is 13.1. The van der Waals surface area contributed by atoms with Crippen LogP contribution in [0, 0.1) is 14.9 Å². The first-order valence-electron chi connectivity index (χ1n) is 23.1. The van der Waals surface area contributed by atoms with Crippen LogP contribution in [-0.2, 0) is 30.2 Å². The van der Waals surface area contributed by atoms with Gasteiger partial charge in [-0.2, -0.15) is 0 Å². The predicted molar refractivity (Wildman–Crippen MR) is 326 cm³/mol. The van der Waals surface area contributed by atoms with E-state index in [0.717, 1.165) is 90.6 Å². The molecule has 0 unspecified atom stereocenters. The van der Waals surface area contributed by atoms with Gasteiger partial charge in [0.2, 0.25) is 0 Å². The Morgan fingerprint density at radius 1 is 0.269 bits per heavy atom. The zero-order valence-electron chi connectivity index (χ0n) is 41.9. The summed E-state index contributed by atoms with van der Waals surface area (Å²) in [6.07, 6.45) is 0. The largest absolute Gasteiger partial charge is 2.00 e. The van der Waals surface area contributed by atoms with Crippen LogP contribution in [0.2, 0.25) is 20.1 Å². The molecule has 392 valence electrons. The topological polar surface area (TPSA) is 75.2 Å². The standard InChI is InChI=1S/2C31H21Cl2N3.2CH3.2ClH.2Fe/c2*32-24-14-18-26(19-15-24)34-30(22-8-3-1-4-9-22)28-12-7-13-29(36-28)31(23-10-5-2-6-11-23)35-27-20-16-25(33)17-21-27;;;;;;/h2*1-21H;2*1H3;2*1H;;/q;;2*-1;;;2*+2/p-2. The van der Waals surface area contributed by atoms with Crippen LogP contribution in [0.4, 0.5) is 22.7 Å². The molecule has 2 heterocycles. The third-order valence-electron chi connectivity index (χ3n) is 10.9. The smallest absolute Gasteiger partial charge is 2.00 e. The van der Waals surface area contributed by atoms with Crippen LogP contribution in [0.3, 0.4) is 0 Å². The molecular weight excluding hydrogens is 1180 g/mol. The molecule has 0 spiro atoms. The minimum Gasteiger partial charge on any atom is 2.00 e. The van der Waals surface area contributed by atoms with Gasteiger partial charge in [0.25, 0.3) is 0 Å². The minimum absolute atomic E-state index is 0. The van der Waals surface area contributed by atoms with Crippen LogP contribution in [0.25, 0.3) is 0 Å². The fourth-order valence-corrected chi connectivity index (χ4v) is 7.94. The van der Waals surface area contributed by atoms with Gasteiger partial charge in [-0.1, -0.05) is 180 Å². The normalized spacial score (nSPS) is 11.3. The van der Waals surface area contributed by atoms with E-state index in [4.69, 9.17) is 96.5 Å². The van der Waals surface area contributed by atoms with Crippen LogP contribution >= 0.6 is 66.6 Å². The number of hydrogen-bond donors (Lipinski definition) is 0. The predicted octanol–water partition coefficient (Wildman–Crippen LogP) is 19.7. The minimum atomic E-state index is 0. The maximum Gasteiger partial charge on any atom is 2.00 e. The molecule has 10 rings (SSSR count). The Bertz CT molecular complexity index is 3070. The maximum atomic E-state index is 6.09. The van der Waals surface area contributed by atoms with Gasteiger partial charge >= 0.3 is 50.4 Å². The molecule has 0 radical (unpaired) electrons.